The van der Waals surface area contributed by atoms with Crippen molar-refractivity contribution in [3.63, 3.8) is 0 Å². The summed E-state index contributed by atoms with van der Waals surface area (Å²) in [6.07, 6.45) is 0. The van der Waals surface area contributed by atoms with Gasteiger partial charge in [0.2, 0.25) is 0 Å². The third kappa shape index (κ3) is 1.40. The summed E-state index contributed by atoms with van der Waals surface area (Å²) in [5, 5.41) is 11.1. The van der Waals surface area contributed by atoms with E-state index >= 15 is 0 Å². The predicted octanol–water partition coefficient (Wildman–Crippen LogP) is 3.78. The maximum absolute atomic E-state index is 8.96. The zero-order valence-electron chi connectivity index (χ0n) is 7.71. The highest BCUT2D eigenvalue weighted by Crippen LogP contribution is 2.28. The smallest absolute Gasteiger partial charge is 0.0998 e. The normalized spacial score (nSPS) is 10.1. The molecule has 0 unspecified atom stereocenters. The van der Waals surface area contributed by atoms with Crippen LogP contribution in [0.2, 0.25) is 0 Å². The molecule has 0 saturated heterocycles. The first-order valence-corrected chi connectivity index (χ1v) is 5.10. The lowest BCUT2D eigenvalue weighted by Crippen LogP contribution is -1.82. The molecule has 0 radical (unpaired) electrons. The minimum absolute atomic E-state index is 0.717. The van der Waals surface area contributed by atoms with Gasteiger partial charge in [-0.3, -0.25) is 0 Å². The van der Waals surface area contributed by atoms with Crippen molar-refractivity contribution in [2.75, 3.05) is 0 Å². The first-order chi connectivity index (χ1) is 6.72. The van der Waals surface area contributed by atoms with Crippen LogP contribution in [0.25, 0.3) is 10.8 Å². The molecule has 2 aromatic carbocycles. The van der Waals surface area contributed by atoms with E-state index < -0.39 is 0 Å². The van der Waals surface area contributed by atoms with Gasteiger partial charge in [-0.05, 0) is 30.0 Å². The predicted molar refractivity (Wildman–Crippen MR) is 61.1 cm³/mol. The van der Waals surface area contributed by atoms with Gasteiger partial charge in [0, 0.05) is 9.86 Å². The number of hydrogen-bond donors (Lipinski definition) is 0. The summed E-state index contributed by atoms with van der Waals surface area (Å²) in [5.41, 5.74) is 1.91. The van der Waals surface area contributed by atoms with Crippen LogP contribution in [0.15, 0.2) is 34.8 Å². The minimum atomic E-state index is 0.717. The average Bonchev–Trinajstić information content (AvgIpc) is 2.16. The molecule has 1 nitrogen and oxygen atoms in total. The largest absolute Gasteiger partial charge is 0.192 e. The highest BCUT2D eigenvalue weighted by molar-refractivity contribution is 9.10. The van der Waals surface area contributed by atoms with Crippen molar-refractivity contribution < 1.29 is 0 Å². The SMILES string of the molecule is Cc1cc(Br)c2c(C#N)cccc2c1. The second-order valence-electron chi connectivity index (χ2n) is 3.26. The van der Waals surface area contributed by atoms with Crippen molar-refractivity contribution in [1.82, 2.24) is 0 Å². The molecule has 0 bridgehead atoms. The van der Waals surface area contributed by atoms with Crippen LogP contribution in [0.1, 0.15) is 11.1 Å². The summed E-state index contributed by atoms with van der Waals surface area (Å²) in [6, 6.07) is 12.1. The second-order valence-corrected chi connectivity index (χ2v) is 4.12. The maximum atomic E-state index is 8.96. The molecule has 0 amide bonds. The van der Waals surface area contributed by atoms with Crippen LogP contribution in [0.3, 0.4) is 0 Å². The van der Waals surface area contributed by atoms with E-state index in [-0.39, 0.29) is 0 Å². The van der Waals surface area contributed by atoms with E-state index in [0.717, 1.165) is 20.8 Å². The standard InChI is InChI=1S/C12H8BrN/c1-8-5-9-3-2-4-10(7-14)12(9)11(13)6-8/h2-6H,1H3. The van der Waals surface area contributed by atoms with Gasteiger partial charge in [-0.1, -0.05) is 34.1 Å². The van der Waals surface area contributed by atoms with Crippen molar-refractivity contribution >= 4 is 26.7 Å². The summed E-state index contributed by atoms with van der Waals surface area (Å²) in [5.74, 6) is 0. The lowest BCUT2D eigenvalue weighted by molar-refractivity contribution is 1.47. The van der Waals surface area contributed by atoms with Gasteiger partial charge in [-0.2, -0.15) is 5.26 Å². The number of nitriles is 1. The molecule has 68 valence electrons. The van der Waals surface area contributed by atoms with Gasteiger partial charge in [0.15, 0.2) is 0 Å². The Morgan fingerprint density at radius 1 is 1.29 bits per heavy atom. The van der Waals surface area contributed by atoms with Gasteiger partial charge >= 0.3 is 0 Å². The van der Waals surface area contributed by atoms with Gasteiger partial charge in [0.1, 0.15) is 0 Å². The van der Waals surface area contributed by atoms with Crippen molar-refractivity contribution in [2.24, 2.45) is 0 Å². The molecule has 0 spiro atoms. The maximum Gasteiger partial charge on any atom is 0.0998 e. The topological polar surface area (TPSA) is 23.8 Å². The average molecular weight is 246 g/mol. The second kappa shape index (κ2) is 3.43. The third-order valence-corrected chi connectivity index (χ3v) is 2.82. The molecule has 0 saturated carbocycles. The number of fused-ring (bicyclic) bond motifs is 1. The number of benzene rings is 2. The van der Waals surface area contributed by atoms with Crippen LogP contribution in [-0.2, 0) is 0 Å². The van der Waals surface area contributed by atoms with E-state index in [1.54, 1.807) is 0 Å². The lowest BCUT2D eigenvalue weighted by Gasteiger charge is -2.04. The summed E-state index contributed by atoms with van der Waals surface area (Å²) >= 11 is 3.49. The molecule has 0 N–H and O–H groups in total. The quantitative estimate of drug-likeness (QED) is 0.693. The van der Waals surface area contributed by atoms with Crippen molar-refractivity contribution in [3.05, 3.63) is 45.9 Å². The van der Waals surface area contributed by atoms with Crippen LogP contribution in [0.5, 0.6) is 0 Å². The number of nitrogens with zero attached hydrogens (tertiary/aromatic N) is 1. The zero-order valence-corrected chi connectivity index (χ0v) is 9.30. The molecule has 0 atom stereocenters. The molecule has 0 aliphatic rings. The van der Waals surface area contributed by atoms with Gasteiger partial charge in [0.05, 0.1) is 11.6 Å². The molecule has 0 heterocycles. The number of aryl methyl sites for hydroxylation is 1. The van der Waals surface area contributed by atoms with E-state index in [1.165, 1.54) is 5.56 Å². The van der Waals surface area contributed by atoms with Crippen LogP contribution in [0.4, 0.5) is 0 Å². The Morgan fingerprint density at radius 2 is 2.07 bits per heavy atom. The Balaban J connectivity index is 2.96. The van der Waals surface area contributed by atoms with Gasteiger partial charge in [0.25, 0.3) is 0 Å². The van der Waals surface area contributed by atoms with Crippen molar-refractivity contribution in [3.8, 4) is 6.07 Å². The number of rotatable bonds is 0. The fraction of sp³-hybridized carbons (Fsp3) is 0.0833. The monoisotopic (exact) mass is 245 g/mol. The molecule has 14 heavy (non-hydrogen) atoms. The Hall–Kier alpha value is -1.33. The Labute approximate surface area is 91.1 Å². The van der Waals surface area contributed by atoms with E-state index in [2.05, 4.69) is 28.1 Å². The minimum Gasteiger partial charge on any atom is -0.192 e. The first-order valence-electron chi connectivity index (χ1n) is 4.31. The Bertz CT molecular complexity index is 538. The lowest BCUT2D eigenvalue weighted by atomic mass is 10.0. The van der Waals surface area contributed by atoms with E-state index in [1.807, 2.05) is 31.2 Å². The summed E-state index contributed by atoms with van der Waals surface area (Å²) < 4.78 is 0.990. The van der Waals surface area contributed by atoms with E-state index in [0.29, 0.717) is 0 Å². The highest BCUT2D eigenvalue weighted by atomic mass is 79.9. The Kier molecular flexibility index (Phi) is 2.26. The van der Waals surface area contributed by atoms with Crippen LogP contribution < -0.4 is 0 Å². The zero-order chi connectivity index (χ0) is 10.1. The summed E-state index contributed by atoms with van der Waals surface area (Å²) in [6.45, 7) is 2.04. The highest BCUT2D eigenvalue weighted by Gasteiger charge is 2.04. The molecule has 0 aliphatic heterocycles. The van der Waals surface area contributed by atoms with Crippen molar-refractivity contribution in [2.45, 2.75) is 6.92 Å². The first kappa shape index (κ1) is 9.23. The van der Waals surface area contributed by atoms with E-state index in [9.17, 15) is 0 Å². The summed E-state index contributed by atoms with van der Waals surface area (Å²) in [4.78, 5) is 0. The number of hydrogen-bond acceptors (Lipinski definition) is 1. The number of halogens is 1. The molecular formula is C12H8BrN. The van der Waals surface area contributed by atoms with Gasteiger partial charge < -0.3 is 0 Å². The third-order valence-electron chi connectivity index (χ3n) is 2.19. The fourth-order valence-electron chi connectivity index (χ4n) is 1.61. The Morgan fingerprint density at radius 3 is 2.79 bits per heavy atom. The van der Waals surface area contributed by atoms with Crippen LogP contribution in [0, 0.1) is 18.3 Å². The van der Waals surface area contributed by atoms with Gasteiger partial charge in [-0.25, -0.2) is 0 Å². The molecule has 2 heteroatoms. The fourth-order valence-corrected chi connectivity index (χ4v) is 2.41. The van der Waals surface area contributed by atoms with Crippen LogP contribution >= 0.6 is 15.9 Å². The molecule has 0 fully saturated rings. The molecular weight excluding hydrogens is 238 g/mol. The molecule has 0 aliphatic carbocycles. The van der Waals surface area contributed by atoms with E-state index in [4.69, 9.17) is 5.26 Å². The summed E-state index contributed by atoms with van der Waals surface area (Å²) in [7, 11) is 0. The molecule has 2 rings (SSSR count). The molecule has 2 aromatic rings. The van der Waals surface area contributed by atoms with Crippen LogP contribution in [-0.4, -0.2) is 0 Å². The van der Waals surface area contributed by atoms with Crippen molar-refractivity contribution in [1.29, 1.82) is 5.26 Å². The molecule has 0 aromatic heterocycles. The van der Waals surface area contributed by atoms with Gasteiger partial charge in [-0.15, -0.1) is 0 Å².